The van der Waals surface area contributed by atoms with Crippen molar-refractivity contribution in [1.82, 2.24) is 0 Å². The lowest BCUT2D eigenvalue weighted by Crippen LogP contribution is -2.24. The monoisotopic (exact) mass is 126 g/mol. The highest BCUT2D eigenvalue weighted by atomic mass is 16.5. The summed E-state index contributed by atoms with van der Waals surface area (Å²) in [7, 11) is 0. The van der Waals surface area contributed by atoms with Crippen molar-refractivity contribution < 1.29 is 15.0 Å². The van der Waals surface area contributed by atoms with Gasteiger partial charge in [0.05, 0.1) is 0 Å². The van der Waals surface area contributed by atoms with Crippen LogP contribution < -0.4 is 0 Å². The number of carbonyl (C=O) groups excluding carboxylic acids is 1. The van der Waals surface area contributed by atoms with Gasteiger partial charge in [-0.2, -0.15) is 0 Å². The average molecular weight is 126 g/mol. The third kappa shape index (κ3) is 1.48. The van der Waals surface area contributed by atoms with E-state index in [2.05, 4.69) is 0 Å². The van der Waals surface area contributed by atoms with Crippen molar-refractivity contribution in [1.29, 1.82) is 0 Å². The van der Waals surface area contributed by atoms with Crippen molar-refractivity contribution in [2.75, 3.05) is 0 Å². The van der Waals surface area contributed by atoms with Crippen LogP contribution in [-0.2, 0) is 4.79 Å². The number of aliphatic hydroxyl groups is 2. The SMILES string of the molecule is O=C1C=CC(O)(O)C=C1. The lowest BCUT2D eigenvalue weighted by Gasteiger charge is -2.13. The molecule has 1 aliphatic carbocycles. The first kappa shape index (κ1) is 6.19. The van der Waals surface area contributed by atoms with Gasteiger partial charge in [-0.15, -0.1) is 0 Å². The lowest BCUT2D eigenvalue weighted by atomic mass is 10.1. The van der Waals surface area contributed by atoms with E-state index in [1.807, 2.05) is 0 Å². The first-order chi connectivity index (χ1) is 4.10. The molecule has 0 bridgehead atoms. The maximum absolute atomic E-state index is 10.4. The Morgan fingerprint density at radius 3 is 2.00 bits per heavy atom. The van der Waals surface area contributed by atoms with Gasteiger partial charge in [0.25, 0.3) is 0 Å². The third-order valence-electron chi connectivity index (χ3n) is 0.986. The Labute approximate surface area is 51.9 Å². The van der Waals surface area contributed by atoms with E-state index in [0.29, 0.717) is 0 Å². The number of carbonyl (C=O) groups is 1. The molecular formula is C6H6O3. The summed E-state index contributed by atoms with van der Waals surface area (Å²) in [5, 5.41) is 17.4. The maximum Gasteiger partial charge on any atom is 0.203 e. The topological polar surface area (TPSA) is 57.5 Å². The molecule has 3 nitrogen and oxygen atoms in total. The molecule has 0 heterocycles. The third-order valence-corrected chi connectivity index (χ3v) is 0.986. The molecule has 1 aliphatic rings. The summed E-state index contributed by atoms with van der Waals surface area (Å²) in [5.74, 6) is -2.15. The van der Waals surface area contributed by atoms with Crippen LogP contribution in [-0.4, -0.2) is 21.8 Å². The van der Waals surface area contributed by atoms with Crippen molar-refractivity contribution in [3.63, 3.8) is 0 Å². The minimum absolute atomic E-state index is 0.228. The molecule has 0 atom stereocenters. The number of allylic oxidation sites excluding steroid dienone is 2. The van der Waals surface area contributed by atoms with Crippen LogP contribution in [0, 0.1) is 0 Å². The molecule has 0 aromatic heterocycles. The van der Waals surface area contributed by atoms with E-state index in [-0.39, 0.29) is 5.78 Å². The Balaban J connectivity index is 2.82. The minimum atomic E-state index is -1.92. The van der Waals surface area contributed by atoms with Gasteiger partial charge in [-0.05, 0) is 24.3 Å². The van der Waals surface area contributed by atoms with Gasteiger partial charge in [0.2, 0.25) is 5.79 Å². The summed E-state index contributed by atoms with van der Waals surface area (Å²) >= 11 is 0. The van der Waals surface area contributed by atoms with Gasteiger partial charge in [-0.1, -0.05) is 0 Å². The van der Waals surface area contributed by atoms with Gasteiger partial charge in [0.15, 0.2) is 5.78 Å². The zero-order chi connectivity index (χ0) is 6.91. The summed E-state index contributed by atoms with van der Waals surface area (Å²) in [6.07, 6.45) is 4.27. The van der Waals surface area contributed by atoms with Crippen LogP contribution in [0.25, 0.3) is 0 Å². The molecule has 0 spiro atoms. The fourth-order valence-electron chi connectivity index (χ4n) is 0.521. The van der Waals surface area contributed by atoms with E-state index in [1.165, 1.54) is 0 Å². The Morgan fingerprint density at radius 2 is 1.67 bits per heavy atom. The lowest BCUT2D eigenvalue weighted by molar-refractivity contribution is -0.112. The molecule has 0 aromatic carbocycles. The average Bonchev–Trinajstić information content (AvgIpc) is 1.78. The van der Waals surface area contributed by atoms with Crippen LogP contribution >= 0.6 is 0 Å². The zero-order valence-electron chi connectivity index (χ0n) is 4.61. The Morgan fingerprint density at radius 1 is 1.22 bits per heavy atom. The summed E-state index contributed by atoms with van der Waals surface area (Å²) < 4.78 is 0. The van der Waals surface area contributed by atoms with Gasteiger partial charge < -0.3 is 10.2 Å². The number of rotatable bonds is 0. The second-order valence-corrected chi connectivity index (χ2v) is 1.85. The van der Waals surface area contributed by atoms with Crippen molar-refractivity contribution >= 4 is 5.78 Å². The molecule has 9 heavy (non-hydrogen) atoms. The molecule has 0 unspecified atom stereocenters. The number of hydrogen-bond acceptors (Lipinski definition) is 3. The quantitative estimate of drug-likeness (QED) is 0.424. The Hall–Kier alpha value is -0.930. The summed E-state index contributed by atoms with van der Waals surface area (Å²) in [6.45, 7) is 0. The van der Waals surface area contributed by atoms with Crippen molar-refractivity contribution in [2.24, 2.45) is 0 Å². The van der Waals surface area contributed by atoms with Crippen LogP contribution in [0.4, 0.5) is 0 Å². The summed E-state index contributed by atoms with van der Waals surface area (Å²) in [6, 6.07) is 0. The highest BCUT2D eigenvalue weighted by Gasteiger charge is 2.17. The highest BCUT2D eigenvalue weighted by molar-refractivity contribution is 6.00. The molecule has 0 aliphatic heterocycles. The van der Waals surface area contributed by atoms with Gasteiger partial charge in [0.1, 0.15) is 0 Å². The van der Waals surface area contributed by atoms with E-state index in [9.17, 15) is 4.79 Å². The van der Waals surface area contributed by atoms with Gasteiger partial charge >= 0.3 is 0 Å². The molecule has 3 heteroatoms. The van der Waals surface area contributed by atoms with Crippen molar-refractivity contribution in [3.05, 3.63) is 24.3 Å². The minimum Gasteiger partial charge on any atom is -0.359 e. The second-order valence-electron chi connectivity index (χ2n) is 1.85. The fraction of sp³-hybridized carbons (Fsp3) is 0.167. The molecule has 1 rings (SSSR count). The molecule has 48 valence electrons. The fourth-order valence-corrected chi connectivity index (χ4v) is 0.521. The number of ketones is 1. The summed E-state index contributed by atoms with van der Waals surface area (Å²) in [5.41, 5.74) is 0. The smallest absolute Gasteiger partial charge is 0.203 e. The van der Waals surface area contributed by atoms with E-state index < -0.39 is 5.79 Å². The van der Waals surface area contributed by atoms with Crippen LogP contribution in [0.1, 0.15) is 0 Å². The molecule has 0 aromatic rings. The standard InChI is InChI=1S/C6H6O3/c7-5-1-3-6(8,9)4-2-5/h1-4,8-9H. The second kappa shape index (κ2) is 1.79. The van der Waals surface area contributed by atoms with Crippen molar-refractivity contribution in [3.8, 4) is 0 Å². The first-order valence-electron chi connectivity index (χ1n) is 2.47. The highest BCUT2D eigenvalue weighted by Crippen LogP contribution is 2.07. The first-order valence-corrected chi connectivity index (χ1v) is 2.47. The Bertz CT molecular complexity index is 170. The molecule has 0 fully saturated rings. The van der Waals surface area contributed by atoms with Gasteiger partial charge in [-0.3, -0.25) is 4.79 Å². The molecular weight excluding hydrogens is 120 g/mol. The molecule has 0 saturated heterocycles. The maximum atomic E-state index is 10.4. The van der Waals surface area contributed by atoms with Crippen LogP contribution in [0.2, 0.25) is 0 Å². The largest absolute Gasteiger partial charge is 0.359 e. The normalized spacial score (nSPS) is 22.7. The molecule has 0 saturated carbocycles. The molecule has 2 N–H and O–H groups in total. The van der Waals surface area contributed by atoms with Gasteiger partial charge in [-0.25, -0.2) is 0 Å². The van der Waals surface area contributed by atoms with E-state index in [1.54, 1.807) is 0 Å². The van der Waals surface area contributed by atoms with E-state index >= 15 is 0 Å². The predicted octanol–water partition coefficient (Wildman–Crippen LogP) is -0.638. The van der Waals surface area contributed by atoms with E-state index in [0.717, 1.165) is 24.3 Å². The predicted molar refractivity (Wildman–Crippen MR) is 30.5 cm³/mol. The number of hydrogen-bond donors (Lipinski definition) is 2. The molecule has 0 radical (unpaired) electrons. The summed E-state index contributed by atoms with van der Waals surface area (Å²) in [4.78, 5) is 10.4. The zero-order valence-corrected chi connectivity index (χ0v) is 4.61. The van der Waals surface area contributed by atoms with Crippen LogP contribution in [0.5, 0.6) is 0 Å². The Kier molecular flexibility index (Phi) is 1.23. The molecule has 0 amide bonds. The van der Waals surface area contributed by atoms with E-state index in [4.69, 9.17) is 10.2 Å². The van der Waals surface area contributed by atoms with Gasteiger partial charge in [0, 0.05) is 0 Å². The van der Waals surface area contributed by atoms with Crippen molar-refractivity contribution in [2.45, 2.75) is 5.79 Å². The van der Waals surface area contributed by atoms with Crippen LogP contribution in [0.3, 0.4) is 0 Å². The van der Waals surface area contributed by atoms with Crippen LogP contribution in [0.15, 0.2) is 24.3 Å².